The van der Waals surface area contributed by atoms with Gasteiger partial charge in [-0.05, 0) is 79.2 Å². The van der Waals surface area contributed by atoms with Crippen LogP contribution in [0.3, 0.4) is 0 Å². The maximum atomic E-state index is 12.7. The number of benzene rings is 1. The third-order valence-corrected chi connectivity index (χ3v) is 5.06. The lowest BCUT2D eigenvalue weighted by molar-refractivity contribution is -0.135. The molecule has 0 spiro atoms. The third-order valence-electron chi connectivity index (χ3n) is 4.09. The number of rotatable bonds is 2. The van der Waals surface area contributed by atoms with E-state index in [2.05, 4.69) is 33.6 Å². The zero-order valence-corrected chi connectivity index (χ0v) is 14.9. The highest BCUT2D eigenvalue weighted by atomic mass is 127. The van der Waals surface area contributed by atoms with Crippen molar-refractivity contribution in [1.82, 2.24) is 14.5 Å². The Morgan fingerprint density at radius 3 is 2.76 bits per heavy atom. The number of nitrogens with one attached hydrogen (secondary N) is 1. The van der Waals surface area contributed by atoms with Gasteiger partial charge in [0.05, 0.1) is 11.0 Å². The Kier molecular flexibility index (Phi) is 4.35. The van der Waals surface area contributed by atoms with Crippen LogP contribution in [0.4, 0.5) is 0 Å². The average Bonchev–Trinajstić information content (AvgIpc) is 2.81. The van der Waals surface area contributed by atoms with Gasteiger partial charge in [0, 0.05) is 16.7 Å². The van der Waals surface area contributed by atoms with E-state index in [0.29, 0.717) is 4.77 Å². The van der Waals surface area contributed by atoms with Gasteiger partial charge in [-0.3, -0.25) is 4.79 Å². The fourth-order valence-corrected chi connectivity index (χ4v) is 3.83. The van der Waals surface area contributed by atoms with Crippen molar-refractivity contribution in [2.24, 2.45) is 0 Å². The summed E-state index contributed by atoms with van der Waals surface area (Å²) in [6.45, 7) is 3.69. The Hall–Kier alpha value is -0.890. The average molecular weight is 415 g/mol. The highest BCUT2D eigenvalue weighted by molar-refractivity contribution is 14.1. The number of aromatic nitrogens is 2. The van der Waals surface area contributed by atoms with Crippen LogP contribution < -0.4 is 0 Å². The molecule has 0 aliphatic carbocycles. The Balaban J connectivity index is 1.97. The SMILES string of the molecule is CC(C(=O)N1CCCCC1)n1c(=S)[nH]c2cc(I)ccc21. The summed E-state index contributed by atoms with van der Waals surface area (Å²) in [5.74, 6) is 0.172. The molecule has 0 radical (unpaired) electrons. The van der Waals surface area contributed by atoms with Crippen molar-refractivity contribution in [3.63, 3.8) is 0 Å². The monoisotopic (exact) mass is 415 g/mol. The molecule has 0 bridgehead atoms. The zero-order chi connectivity index (χ0) is 15.0. The second kappa shape index (κ2) is 6.08. The number of nitrogens with zero attached hydrogens (tertiary/aromatic N) is 2. The lowest BCUT2D eigenvalue weighted by Crippen LogP contribution is -2.39. The highest BCUT2D eigenvalue weighted by Gasteiger charge is 2.25. The smallest absolute Gasteiger partial charge is 0.245 e. The molecule has 1 aromatic heterocycles. The van der Waals surface area contributed by atoms with Crippen molar-refractivity contribution < 1.29 is 4.79 Å². The second-order valence-corrected chi connectivity index (χ2v) is 7.16. The van der Waals surface area contributed by atoms with Gasteiger partial charge in [-0.1, -0.05) is 0 Å². The number of hydrogen-bond donors (Lipinski definition) is 1. The van der Waals surface area contributed by atoms with Crippen LogP contribution in [0, 0.1) is 8.34 Å². The molecule has 1 fully saturated rings. The van der Waals surface area contributed by atoms with E-state index in [9.17, 15) is 4.79 Å². The van der Waals surface area contributed by atoms with Crippen molar-refractivity contribution in [2.75, 3.05) is 13.1 Å². The molecule has 21 heavy (non-hydrogen) atoms. The van der Waals surface area contributed by atoms with Gasteiger partial charge in [0.2, 0.25) is 5.91 Å². The maximum Gasteiger partial charge on any atom is 0.245 e. The lowest BCUT2D eigenvalue weighted by atomic mass is 10.1. The van der Waals surface area contributed by atoms with E-state index in [0.717, 1.165) is 40.5 Å². The normalized spacial score (nSPS) is 17.1. The van der Waals surface area contributed by atoms with Crippen LogP contribution in [0.15, 0.2) is 18.2 Å². The van der Waals surface area contributed by atoms with Crippen LogP contribution in [-0.4, -0.2) is 33.4 Å². The van der Waals surface area contributed by atoms with Crippen LogP contribution in [0.1, 0.15) is 32.2 Å². The second-order valence-electron chi connectivity index (χ2n) is 5.52. The Bertz CT molecular complexity index is 730. The standard InChI is InChI=1S/C15H18IN3OS/c1-10(14(20)18-7-3-2-4-8-18)19-13-6-5-11(16)9-12(13)17-15(19)21/h5-6,9-10H,2-4,7-8H2,1H3,(H,17,21). The predicted molar refractivity (Wildman–Crippen MR) is 95.0 cm³/mol. The van der Waals surface area contributed by atoms with Gasteiger partial charge in [0.1, 0.15) is 6.04 Å². The molecule has 112 valence electrons. The predicted octanol–water partition coefficient (Wildman–Crippen LogP) is 3.88. The van der Waals surface area contributed by atoms with Gasteiger partial charge >= 0.3 is 0 Å². The summed E-state index contributed by atoms with van der Waals surface area (Å²) in [6.07, 6.45) is 3.44. The van der Waals surface area contributed by atoms with Crippen LogP contribution in [0.5, 0.6) is 0 Å². The molecule has 1 aliphatic heterocycles. The minimum Gasteiger partial charge on any atom is -0.341 e. The molecule has 1 amide bonds. The number of halogens is 1. The summed E-state index contributed by atoms with van der Waals surface area (Å²) in [5, 5.41) is 0. The van der Waals surface area contributed by atoms with Crippen molar-refractivity contribution in [1.29, 1.82) is 0 Å². The van der Waals surface area contributed by atoms with E-state index < -0.39 is 0 Å². The molecule has 1 saturated heterocycles. The van der Waals surface area contributed by atoms with Gasteiger partial charge in [-0.15, -0.1) is 0 Å². The first-order chi connectivity index (χ1) is 10.1. The van der Waals surface area contributed by atoms with Crippen LogP contribution in [-0.2, 0) is 4.79 Å². The summed E-state index contributed by atoms with van der Waals surface area (Å²) in [7, 11) is 0. The van der Waals surface area contributed by atoms with Gasteiger partial charge in [0.15, 0.2) is 4.77 Å². The number of imidazole rings is 1. The number of H-pyrrole nitrogens is 1. The molecule has 4 nitrogen and oxygen atoms in total. The number of aromatic amines is 1. The van der Waals surface area contributed by atoms with E-state index in [4.69, 9.17) is 12.2 Å². The molecule has 1 aliphatic rings. The highest BCUT2D eigenvalue weighted by Crippen LogP contribution is 2.23. The van der Waals surface area contributed by atoms with Crippen LogP contribution in [0.25, 0.3) is 11.0 Å². The van der Waals surface area contributed by atoms with Crippen molar-refractivity contribution in [3.8, 4) is 0 Å². The molecular weight excluding hydrogens is 397 g/mol. The molecule has 2 aromatic rings. The summed E-state index contributed by atoms with van der Waals surface area (Å²) >= 11 is 7.70. The molecule has 2 heterocycles. The summed E-state index contributed by atoms with van der Waals surface area (Å²) in [6, 6.07) is 5.87. The maximum absolute atomic E-state index is 12.7. The molecule has 1 aromatic carbocycles. The van der Waals surface area contributed by atoms with Gasteiger partial charge in [-0.2, -0.15) is 0 Å². The van der Waals surface area contributed by atoms with E-state index in [1.165, 1.54) is 6.42 Å². The number of piperidine rings is 1. The molecule has 1 N–H and O–H groups in total. The fraction of sp³-hybridized carbons (Fsp3) is 0.467. The fourth-order valence-electron chi connectivity index (χ4n) is 2.98. The topological polar surface area (TPSA) is 41.0 Å². The zero-order valence-electron chi connectivity index (χ0n) is 11.9. The first-order valence-corrected chi connectivity index (χ1v) is 8.75. The number of carbonyl (C=O) groups excluding carboxylic acids is 1. The number of likely N-dealkylation sites (tertiary alicyclic amines) is 1. The Labute approximate surface area is 142 Å². The van der Waals surface area contributed by atoms with Crippen LogP contribution in [0.2, 0.25) is 0 Å². The number of carbonyl (C=O) groups is 1. The minimum absolute atomic E-state index is 0.172. The van der Waals surface area contributed by atoms with Crippen molar-refractivity contribution >= 4 is 51.7 Å². The van der Waals surface area contributed by atoms with Crippen molar-refractivity contribution in [2.45, 2.75) is 32.2 Å². The first-order valence-electron chi connectivity index (χ1n) is 7.26. The van der Waals surface area contributed by atoms with E-state index in [-0.39, 0.29) is 11.9 Å². The van der Waals surface area contributed by atoms with E-state index >= 15 is 0 Å². The number of fused-ring (bicyclic) bond motifs is 1. The molecule has 1 atom stereocenters. The number of amides is 1. The molecular formula is C15H18IN3OS. The number of hydrogen-bond acceptors (Lipinski definition) is 2. The van der Waals surface area contributed by atoms with Gasteiger partial charge in [-0.25, -0.2) is 0 Å². The summed E-state index contributed by atoms with van der Waals surface area (Å²) < 4.78 is 3.71. The Morgan fingerprint density at radius 2 is 2.05 bits per heavy atom. The van der Waals surface area contributed by atoms with Gasteiger partial charge in [0.25, 0.3) is 0 Å². The van der Waals surface area contributed by atoms with E-state index in [1.807, 2.05) is 28.5 Å². The van der Waals surface area contributed by atoms with E-state index in [1.54, 1.807) is 0 Å². The summed E-state index contributed by atoms with van der Waals surface area (Å²) in [4.78, 5) is 17.9. The largest absolute Gasteiger partial charge is 0.341 e. The third kappa shape index (κ3) is 2.88. The lowest BCUT2D eigenvalue weighted by Gasteiger charge is -2.29. The minimum atomic E-state index is -0.260. The molecule has 3 rings (SSSR count). The van der Waals surface area contributed by atoms with Crippen LogP contribution >= 0.6 is 34.8 Å². The van der Waals surface area contributed by atoms with Gasteiger partial charge < -0.3 is 14.5 Å². The molecule has 1 unspecified atom stereocenters. The Morgan fingerprint density at radius 1 is 1.33 bits per heavy atom. The quantitative estimate of drug-likeness (QED) is 0.598. The molecule has 0 saturated carbocycles. The molecule has 6 heteroatoms. The summed E-state index contributed by atoms with van der Waals surface area (Å²) in [5.41, 5.74) is 1.99. The van der Waals surface area contributed by atoms with Crippen molar-refractivity contribution in [3.05, 3.63) is 26.5 Å². The first kappa shape index (κ1) is 15.0.